The lowest BCUT2D eigenvalue weighted by atomic mass is 9.91. The monoisotopic (exact) mass is 395 g/mol. The average Bonchev–Trinajstić information content (AvgIpc) is 2.97. The van der Waals surface area contributed by atoms with E-state index in [0.717, 1.165) is 39.4 Å². The molecule has 0 aromatic heterocycles. The SMILES string of the molecule is [Br-].c1ccc(-c2c3c(cc4ccccc24)C[N+]2(CCOCC2)C3)cc1. The van der Waals surface area contributed by atoms with Crippen LogP contribution in [-0.2, 0) is 17.8 Å². The lowest BCUT2D eigenvalue weighted by molar-refractivity contribution is -0.953. The van der Waals surface area contributed by atoms with E-state index in [2.05, 4.69) is 60.7 Å². The quantitative estimate of drug-likeness (QED) is 0.565. The van der Waals surface area contributed by atoms with Crippen LogP contribution in [0.4, 0.5) is 0 Å². The molecule has 5 rings (SSSR count). The maximum atomic E-state index is 5.63. The highest BCUT2D eigenvalue weighted by Gasteiger charge is 2.39. The van der Waals surface area contributed by atoms with Gasteiger partial charge in [0.25, 0.3) is 0 Å². The number of benzene rings is 3. The third kappa shape index (κ3) is 2.80. The van der Waals surface area contributed by atoms with E-state index in [9.17, 15) is 0 Å². The van der Waals surface area contributed by atoms with Crippen molar-refractivity contribution in [2.75, 3.05) is 26.3 Å². The Hall–Kier alpha value is -1.68. The fourth-order valence-corrected chi connectivity index (χ4v) is 4.50. The minimum Gasteiger partial charge on any atom is -1.00 e. The van der Waals surface area contributed by atoms with Crippen LogP contribution in [-0.4, -0.2) is 30.8 Å². The molecule has 0 saturated carbocycles. The molecule has 0 unspecified atom stereocenters. The molecule has 0 N–H and O–H groups in total. The number of rotatable bonds is 1. The summed E-state index contributed by atoms with van der Waals surface area (Å²) in [5, 5.41) is 2.75. The lowest BCUT2D eigenvalue weighted by Gasteiger charge is -2.37. The fraction of sp³-hybridized carbons (Fsp3) is 0.273. The van der Waals surface area contributed by atoms with Gasteiger partial charge in [0.2, 0.25) is 0 Å². The smallest absolute Gasteiger partial charge is 0.106 e. The molecule has 0 atom stereocenters. The zero-order valence-electron chi connectivity index (χ0n) is 14.2. The molecule has 0 radical (unpaired) electrons. The van der Waals surface area contributed by atoms with E-state index in [-0.39, 0.29) is 17.0 Å². The summed E-state index contributed by atoms with van der Waals surface area (Å²) in [5.74, 6) is 0. The zero-order chi connectivity index (χ0) is 16.0. The van der Waals surface area contributed by atoms with Gasteiger partial charge in [0.15, 0.2) is 0 Å². The molecule has 1 spiro atoms. The Morgan fingerprint density at radius 3 is 2.32 bits per heavy atom. The van der Waals surface area contributed by atoms with Gasteiger partial charge in [0.05, 0.1) is 13.2 Å². The van der Waals surface area contributed by atoms with Crippen LogP contribution in [0.3, 0.4) is 0 Å². The van der Waals surface area contributed by atoms with Gasteiger partial charge in [-0.05, 0) is 28.0 Å². The molecule has 1 fully saturated rings. The lowest BCUT2D eigenvalue weighted by Crippen LogP contribution is -3.00. The Morgan fingerprint density at radius 2 is 1.52 bits per heavy atom. The zero-order valence-corrected chi connectivity index (χ0v) is 15.8. The predicted octanol–water partition coefficient (Wildman–Crippen LogP) is 1.37. The summed E-state index contributed by atoms with van der Waals surface area (Å²) in [7, 11) is 0. The average molecular weight is 396 g/mol. The Morgan fingerprint density at radius 1 is 0.800 bits per heavy atom. The molecule has 2 nitrogen and oxygen atoms in total. The first-order valence-electron chi connectivity index (χ1n) is 8.86. The Bertz CT molecular complexity index is 901. The van der Waals surface area contributed by atoms with Crippen molar-refractivity contribution in [3.8, 4) is 11.1 Å². The van der Waals surface area contributed by atoms with Crippen molar-refractivity contribution in [1.29, 1.82) is 0 Å². The first-order valence-corrected chi connectivity index (χ1v) is 8.86. The van der Waals surface area contributed by atoms with Gasteiger partial charge >= 0.3 is 0 Å². The van der Waals surface area contributed by atoms with Crippen LogP contribution in [0.1, 0.15) is 11.1 Å². The molecule has 2 aliphatic rings. The Labute approximate surface area is 159 Å². The summed E-state index contributed by atoms with van der Waals surface area (Å²) in [5.41, 5.74) is 5.89. The highest BCUT2D eigenvalue weighted by atomic mass is 79.9. The topological polar surface area (TPSA) is 9.23 Å². The van der Waals surface area contributed by atoms with Crippen LogP contribution >= 0.6 is 0 Å². The van der Waals surface area contributed by atoms with Crippen molar-refractivity contribution in [3.05, 3.63) is 71.8 Å². The van der Waals surface area contributed by atoms with E-state index >= 15 is 0 Å². The first-order chi connectivity index (χ1) is 11.8. The van der Waals surface area contributed by atoms with Gasteiger partial charge < -0.3 is 26.2 Å². The van der Waals surface area contributed by atoms with Crippen LogP contribution in [0.2, 0.25) is 0 Å². The Balaban J connectivity index is 0.00000157. The maximum absolute atomic E-state index is 5.63. The fourth-order valence-electron chi connectivity index (χ4n) is 4.50. The van der Waals surface area contributed by atoms with E-state index in [1.54, 1.807) is 5.56 Å². The normalized spacial score (nSPS) is 18.1. The van der Waals surface area contributed by atoms with Crippen molar-refractivity contribution < 1.29 is 26.2 Å². The van der Waals surface area contributed by atoms with Gasteiger partial charge in [-0.2, -0.15) is 0 Å². The van der Waals surface area contributed by atoms with E-state index in [0.29, 0.717) is 0 Å². The molecule has 1 saturated heterocycles. The number of hydrogen-bond acceptors (Lipinski definition) is 1. The van der Waals surface area contributed by atoms with Crippen molar-refractivity contribution in [2.24, 2.45) is 0 Å². The third-order valence-electron chi connectivity index (χ3n) is 5.73. The van der Waals surface area contributed by atoms with E-state index in [1.807, 2.05) is 0 Å². The van der Waals surface area contributed by atoms with Gasteiger partial charge in [-0.1, -0.05) is 54.6 Å². The molecule has 3 aromatic rings. The Kier molecular flexibility index (Phi) is 4.40. The second-order valence-corrected chi connectivity index (χ2v) is 7.19. The van der Waals surface area contributed by atoms with Crippen molar-refractivity contribution in [2.45, 2.75) is 13.1 Å². The van der Waals surface area contributed by atoms with Gasteiger partial charge in [-0.3, -0.25) is 0 Å². The number of ether oxygens (including phenoxy) is 1. The van der Waals surface area contributed by atoms with Crippen molar-refractivity contribution in [1.82, 2.24) is 0 Å². The maximum Gasteiger partial charge on any atom is 0.106 e. The summed E-state index contributed by atoms with van der Waals surface area (Å²) < 4.78 is 6.80. The molecule has 0 bridgehead atoms. The number of morpholine rings is 1. The minimum atomic E-state index is 0. The number of quaternary nitrogens is 1. The molecule has 25 heavy (non-hydrogen) atoms. The van der Waals surface area contributed by atoms with Gasteiger partial charge in [-0.25, -0.2) is 0 Å². The third-order valence-corrected chi connectivity index (χ3v) is 5.73. The number of nitrogens with zero attached hydrogens (tertiary/aromatic N) is 1. The highest BCUT2D eigenvalue weighted by Crippen LogP contribution is 2.41. The number of hydrogen-bond donors (Lipinski definition) is 0. The predicted molar refractivity (Wildman–Crippen MR) is 97.6 cm³/mol. The summed E-state index contributed by atoms with van der Waals surface area (Å²) >= 11 is 0. The first kappa shape index (κ1) is 16.8. The van der Waals surface area contributed by atoms with Crippen LogP contribution in [0, 0.1) is 0 Å². The number of halogens is 1. The summed E-state index contributed by atoms with van der Waals surface area (Å²) in [6.07, 6.45) is 0. The molecular formula is C22H22BrNO. The molecule has 2 aliphatic heterocycles. The molecule has 3 aromatic carbocycles. The second kappa shape index (κ2) is 6.56. The number of fused-ring (bicyclic) bond motifs is 2. The largest absolute Gasteiger partial charge is 1.00 e. The molecular weight excluding hydrogens is 374 g/mol. The summed E-state index contributed by atoms with van der Waals surface area (Å²) in [6.45, 7) is 6.37. The summed E-state index contributed by atoms with van der Waals surface area (Å²) in [6, 6.07) is 22.2. The summed E-state index contributed by atoms with van der Waals surface area (Å²) in [4.78, 5) is 0. The van der Waals surface area contributed by atoms with Crippen LogP contribution in [0.5, 0.6) is 0 Å². The van der Waals surface area contributed by atoms with Gasteiger partial charge in [0.1, 0.15) is 26.2 Å². The van der Waals surface area contributed by atoms with E-state index in [1.165, 1.54) is 31.9 Å². The van der Waals surface area contributed by atoms with E-state index < -0.39 is 0 Å². The minimum absolute atomic E-state index is 0. The molecule has 0 aliphatic carbocycles. The van der Waals surface area contributed by atoms with Crippen LogP contribution < -0.4 is 17.0 Å². The van der Waals surface area contributed by atoms with E-state index in [4.69, 9.17) is 4.74 Å². The molecule has 128 valence electrons. The van der Waals surface area contributed by atoms with Crippen LogP contribution in [0.25, 0.3) is 21.9 Å². The second-order valence-electron chi connectivity index (χ2n) is 7.19. The molecule has 3 heteroatoms. The molecule has 0 amide bonds. The van der Waals surface area contributed by atoms with Crippen LogP contribution in [0.15, 0.2) is 60.7 Å². The van der Waals surface area contributed by atoms with Crippen molar-refractivity contribution in [3.63, 3.8) is 0 Å². The van der Waals surface area contributed by atoms with Gasteiger partial charge in [-0.15, -0.1) is 0 Å². The van der Waals surface area contributed by atoms with Crippen molar-refractivity contribution >= 4 is 10.8 Å². The standard InChI is InChI=1S/C22H22NO.BrH/c1-2-6-17(7-3-1)22-20-9-5-4-8-18(20)14-19-15-23(16-21(19)22)10-12-24-13-11-23;/h1-9,14H,10-13,15-16H2;1H/q+1;/p-1. The highest BCUT2D eigenvalue weighted by molar-refractivity contribution is 5.99. The van der Waals surface area contributed by atoms with Gasteiger partial charge in [0, 0.05) is 11.1 Å². The molecule has 2 heterocycles.